The molecule has 0 saturated heterocycles. The number of nitrogens with two attached hydrogens (primary N) is 1. The van der Waals surface area contributed by atoms with Crippen LogP contribution in [-0.2, 0) is 13.6 Å². The third-order valence-corrected chi connectivity index (χ3v) is 3.31. The van der Waals surface area contributed by atoms with Gasteiger partial charge in [-0.3, -0.25) is 4.68 Å². The Morgan fingerprint density at radius 3 is 2.95 bits per heavy atom. The summed E-state index contributed by atoms with van der Waals surface area (Å²) in [5.41, 5.74) is 7.40. The van der Waals surface area contributed by atoms with Gasteiger partial charge in [0.05, 0.1) is 6.54 Å². The van der Waals surface area contributed by atoms with Crippen LogP contribution in [-0.4, -0.2) is 30.4 Å². The van der Waals surface area contributed by atoms with Gasteiger partial charge in [-0.15, -0.1) is 0 Å². The maximum absolute atomic E-state index is 8.83. The van der Waals surface area contributed by atoms with Crippen LogP contribution in [0.1, 0.15) is 11.4 Å². The zero-order valence-corrected chi connectivity index (χ0v) is 10.9. The van der Waals surface area contributed by atoms with Crippen molar-refractivity contribution in [2.45, 2.75) is 6.54 Å². The molecule has 3 aromatic rings. The van der Waals surface area contributed by atoms with E-state index in [0.29, 0.717) is 12.1 Å². The van der Waals surface area contributed by atoms with Crippen LogP contribution in [0.15, 0.2) is 41.9 Å². The first kappa shape index (κ1) is 12.2. The van der Waals surface area contributed by atoms with E-state index in [4.69, 9.17) is 10.9 Å². The smallest absolute Gasteiger partial charge is 0.170 e. The van der Waals surface area contributed by atoms with Crippen LogP contribution >= 0.6 is 0 Å². The molecule has 0 aliphatic rings. The second-order valence-corrected chi connectivity index (χ2v) is 4.47. The molecule has 102 valence electrons. The van der Waals surface area contributed by atoms with Crippen LogP contribution in [0.2, 0.25) is 0 Å². The van der Waals surface area contributed by atoms with Crippen molar-refractivity contribution in [3.8, 4) is 0 Å². The second kappa shape index (κ2) is 4.69. The predicted molar refractivity (Wildman–Crippen MR) is 74.6 cm³/mol. The van der Waals surface area contributed by atoms with E-state index in [1.807, 2.05) is 42.1 Å². The molecule has 0 spiro atoms. The Hall–Kier alpha value is -2.83. The summed E-state index contributed by atoms with van der Waals surface area (Å²) in [6.07, 6.45) is 3.48. The molecule has 0 unspecified atom stereocenters. The summed E-state index contributed by atoms with van der Waals surface area (Å²) in [7, 11) is 1.86. The number of aromatic nitrogens is 4. The number of hydrogen-bond acceptors (Lipinski definition) is 4. The number of nitrogens with zero attached hydrogens (tertiary/aromatic N) is 5. The van der Waals surface area contributed by atoms with Crippen molar-refractivity contribution in [1.29, 1.82) is 0 Å². The van der Waals surface area contributed by atoms with Crippen molar-refractivity contribution in [1.82, 2.24) is 19.3 Å². The number of oxime groups is 1. The minimum Gasteiger partial charge on any atom is -0.409 e. The van der Waals surface area contributed by atoms with Gasteiger partial charge in [-0.1, -0.05) is 17.3 Å². The van der Waals surface area contributed by atoms with Crippen LogP contribution in [0.5, 0.6) is 0 Å². The van der Waals surface area contributed by atoms with Crippen LogP contribution in [0.4, 0.5) is 0 Å². The maximum Gasteiger partial charge on any atom is 0.170 e. The first-order chi connectivity index (χ1) is 9.70. The van der Waals surface area contributed by atoms with Gasteiger partial charge in [0.1, 0.15) is 12.2 Å². The SMILES string of the molecule is Cn1ncnc1Cn1ccc2c(/C(N)=N/O)cccc21. The van der Waals surface area contributed by atoms with Crippen molar-refractivity contribution in [2.24, 2.45) is 17.9 Å². The quantitative estimate of drug-likeness (QED) is 0.320. The molecule has 3 N–H and O–H groups in total. The molecule has 0 bridgehead atoms. The highest BCUT2D eigenvalue weighted by molar-refractivity contribution is 6.08. The van der Waals surface area contributed by atoms with E-state index in [1.54, 1.807) is 4.68 Å². The first-order valence-electron chi connectivity index (χ1n) is 6.09. The zero-order chi connectivity index (χ0) is 14.1. The van der Waals surface area contributed by atoms with Crippen molar-refractivity contribution < 1.29 is 5.21 Å². The third kappa shape index (κ3) is 1.89. The van der Waals surface area contributed by atoms with Crippen LogP contribution in [0, 0.1) is 0 Å². The Morgan fingerprint density at radius 2 is 2.25 bits per heavy atom. The molecule has 0 atom stereocenters. The summed E-state index contributed by atoms with van der Waals surface area (Å²) in [6.45, 7) is 0.611. The molecule has 2 aromatic heterocycles. The zero-order valence-electron chi connectivity index (χ0n) is 10.9. The highest BCUT2D eigenvalue weighted by atomic mass is 16.4. The van der Waals surface area contributed by atoms with Crippen LogP contribution < -0.4 is 5.73 Å². The van der Waals surface area contributed by atoms with E-state index < -0.39 is 0 Å². The lowest BCUT2D eigenvalue weighted by atomic mass is 10.1. The fraction of sp³-hybridized carbons (Fsp3) is 0.154. The summed E-state index contributed by atoms with van der Waals surface area (Å²) >= 11 is 0. The third-order valence-electron chi connectivity index (χ3n) is 3.31. The molecule has 7 nitrogen and oxygen atoms in total. The normalized spacial score (nSPS) is 12.2. The number of aryl methyl sites for hydroxylation is 1. The minimum absolute atomic E-state index is 0.104. The van der Waals surface area contributed by atoms with Crippen molar-refractivity contribution in [3.05, 3.63) is 48.2 Å². The van der Waals surface area contributed by atoms with Gasteiger partial charge in [-0.25, -0.2) is 4.98 Å². The molecule has 0 saturated carbocycles. The standard InChI is InChI=1S/C13H14N6O/c1-18-12(15-8-16-18)7-19-6-5-9-10(13(14)17-20)3-2-4-11(9)19/h2-6,8,20H,7H2,1H3,(H2,14,17). The van der Waals surface area contributed by atoms with E-state index in [0.717, 1.165) is 16.7 Å². The molecule has 0 fully saturated rings. The van der Waals surface area contributed by atoms with Crippen molar-refractivity contribution >= 4 is 16.7 Å². The summed E-state index contributed by atoms with van der Waals surface area (Å²) in [6, 6.07) is 7.63. The number of hydrogen-bond donors (Lipinski definition) is 2. The lowest BCUT2D eigenvalue weighted by molar-refractivity contribution is 0.318. The van der Waals surface area contributed by atoms with Gasteiger partial charge in [0.15, 0.2) is 5.84 Å². The Balaban J connectivity index is 2.08. The lowest BCUT2D eigenvalue weighted by Gasteiger charge is -2.06. The van der Waals surface area contributed by atoms with Gasteiger partial charge < -0.3 is 15.5 Å². The molecule has 0 aliphatic carbocycles. The average molecular weight is 270 g/mol. The largest absolute Gasteiger partial charge is 0.409 e. The molecule has 0 aliphatic heterocycles. The first-order valence-corrected chi connectivity index (χ1v) is 6.09. The molecule has 1 aromatic carbocycles. The highest BCUT2D eigenvalue weighted by Gasteiger charge is 2.10. The van der Waals surface area contributed by atoms with E-state index >= 15 is 0 Å². The van der Waals surface area contributed by atoms with E-state index in [1.165, 1.54) is 6.33 Å². The predicted octanol–water partition coefficient (Wildman–Crippen LogP) is 0.913. The Kier molecular flexibility index (Phi) is 2.86. The molecular formula is C13H14N6O. The van der Waals surface area contributed by atoms with Gasteiger partial charge >= 0.3 is 0 Å². The molecule has 3 rings (SSSR count). The van der Waals surface area contributed by atoms with E-state index in [-0.39, 0.29) is 5.84 Å². The summed E-state index contributed by atoms with van der Waals surface area (Å²) in [4.78, 5) is 4.21. The monoisotopic (exact) mass is 270 g/mol. The number of rotatable bonds is 3. The van der Waals surface area contributed by atoms with Crippen LogP contribution in [0.3, 0.4) is 0 Å². The van der Waals surface area contributed by atoms with Gasteiger partial charge in [-0.2, -0.15) is 5.10 Å². The van der Waals surface area contributed by atoms with Gasteiger partial charge in [0.25, 0.3) is 0 Å². The topological polar surface area (TPSA) is 94.2 Å². The summed E-state index contributed by atoms with van der Waals surface area (Å²) < 4.78 is 3.78. The Bertz CT molecular complexity index is 785. The molecule has 20 heavy (non-hydrogen) atoms. The minimum atomic E-state index is 0.104. The Labute approximate surface area is 114 Å². The highest BCUT2D eigenvalue weighted by Crippen LogP contribution is 2.20. The average Bonchev–Trinajstić information content (AvgIpc) is 3.06. The number of fused-ring (bicyclic) bond motifs is 1. The van der Waals surface area contributed by atoms with Crippen LogP contribution in [0.25, 0.3) is 10.9 Å². The maximum atomic E-state index is 8.83. The molecule has 2 heterocycles. The molecular weight excluding hydrogens is 256 g/mol. The fourth-order valence-corrected chi connectivity index (χ4v) is 2.25. The molecule has 0 radical (unpaired) electrons. The summed E-state index contributed by atoms with van der Waals surface area (Å²) in [5, 5.41) is 16.9. The fourth-order valence-electron chi connectivity index (χ4n) is 2.25. The lowest BCUT2D eigenvalue weighted by Crippen LogP contribution is -2.13. The van der Waals surface area contributed by atoms with E-state index in [2.05, 4.69) is 15.2 Å². The van der Waals surface area contributed by atoms with Gasteiger partial charge in [-0.05, 0) is 12.1 Å². The van der Waals surface area contributed by atoms with E-state index in [9.17, 15) is 0 Å². The number of benzene rings is 1. The second-order valence-electron chi connectivity index (χ2n) is 4.47. The summed E-state index contributed by atoms with van der Waals surface area (Å²) in [5.74, 6) is 0.962. The number of amidine groups is 1. The van der Waals surface area contributed by atoms with Crippen molar-refractivity contribution in [3.63, 3.8) is 0 Å². The van der Waals surface area contributed by atoms with Gasteiger partial charge in [0, 0.05) is 29.7 Å². The van der Waals surface area contributed by atoms with Gasteiger partial charge in [0.2, 0.25) is 0 Å². The van der Waals surface area contributed by atoms with Crippen molar-refractivity contribution in [2.75, 3.05) is 0 Å². The molecule has 7 heteroatoms. The molecule has 0 amide bonds. The Morgan fingerprint density at radius 1 is 1.40 bits per heavy atom.